The van der Waals surface area contributed by atoms with E-state index in [1.807, 2.05) is 36.4 Å². The molecule has 0 unspecified atom stereocenters. The van der Waals surface area contributed by atoms with Gasteiger partial charge in [0.1, 0.15) is 11.5 Å². The van der Waals surface area contributed by atoms with E-state index in [0.29, 0.717) is 57.3 Å². The number of carboxylic acid groups (broad SMARTS) is 2. The predicted octanol–water partition coefficient (Wildman–Crippen LogP) is 14.3. The largest absolute Gasteiger partial charge is 0.573 e. The first-order chi connectivity index (χ1) is 32.8. The van der Waals surface area contributed by atoms with Crippen molar-refractivity contribution in [3.05, 3.63) is 108 Å². The molecule has 4 aromatic carbocycles. The molecule has 2 aliphatic rings. The number of anilines is 4. The molecule has 0 saturated heterocycles. The van der Waals surface area contributed by atoms with Gasteiger partial charge in [-0.1, -0.05) is 53.7 Å². The van der Waals surface area contributed by atoms with Gasteiger partial charge in [-0.3, -0.25) is 0 Å². The van der Waals surface area contributed by atoms with Crippen molar-refractivity contribution in [3.8, 4) is 11.5 Å². The molecule has 18 heteroatoms. The van der Waals surface area contributed by atoms with Crippen molar-refractivity contribution < 1.29 is 55.6 Å². The molecule has 0 bridgehead atoms. The van der Waals surface area contributed by atoms with Crippen LogP contribution in [-0.2, 0) is 9.59 Å². The van der Waals surface area contributed by atoms with Crippen molar-refractivity contribution in [2.75, 3.05) is 10.6 Å². The third-order valence-corrected chi connectivity index (χ3v) is 12.4. The summed E-state index contributed by atoms with van der Waals surface area (Å²) in [7, 11) is 0. The second-order valence-corrected chi connectivity index (χ2v) is 20.0. The molecule has 2 aromatic heterocycles. The number of ether oxygens (including phenoxy) is 2. The lowest BCUT2D eigenvalue weighted by Gasteiger charge is -2.40. The van der Waals surface area contributed by atoms with Crippen LogP contribution in [0.1, 0.15) is 103 Å². The first-order valence-corrected chi connectivity index (χ1v) is 22.9. The lowest BCUT2D eigenvalue weighted by molar-refractivity contribution is -0.275. The standard InChI is InChI=1S/2C26H28F3N3O3/c2*1-16-12-19(15-25(2,3)14-16)32-22-10-4-17(5-11-23(33)34)13-21(22)31-24(32)30-18-6-8-20(9-7-18)35-26(27,28)29/h2*4-11,13,16,19H,12,14-15H2,1-3H3,(H,30,31)(H,33,34)/b2*11-5+/t2*16-,19+/m10/s1. The van der Waals surface area contributed by atoms with Crippen LogP contribution < -0.4 is 20.1 Å². The molecule has 70 heavy (non-hydrogen) atoms. The van der Waals surface area contributed by atoms with Crippen LogP contribution in [0.3, 0.4) is 0 Å². The Labute approximate surface area is 401 Å². The maximum atomic E-state index is 12.5. The van der Waals surface area contributed by atoms with Gasteiger partial charge in [-0.15, -0.1) is 26.3 Å². The van der Waals surface area contributed by atoms with Crippen LogP contribution in [0.15, 0.2) is 97.1 Å². The van der Waals surface area contributed by atoms with Gasteiger partial charge in [0.05, 0.1) is 22.1 Å². The first-order valence-electron chi connectivity index (χ1n) is 22.9. The Balaban J connectivity index is 0.000000206. The van der Waals surface area contributed by atoms with E-state index in [1.165, 1.54) is 60.7 Å². The highest BCUT2D eigenvalue weighted by atomic mass is 19.4. The molecule has 4 atom stereocenters. The Kier molecular flexibility index (Phi) is 14.7. The SMILES string of the molecule is C[C@@H]1C[C@H](n2c(Nc3ccc(OC(F)(F)F)cc3)nc3cc(/C=C/C(=O)O)ccc32)CC(C)(C)C1.C[C@H]1C[C@@H](n2c(Nc3ccc(OC(F)(F)F)cc3)nc3cc(/C=C/C(=O)O)ccc32)CC(C)(C)C1. The molecule has 0 spiro atoms. The van der Waals surface area contributed by atoms with E-state index >= 15 is 0 Å². The van der Waals surface area contributed by atoms with Crippen molar-refractivity contribution in [2.24, 2.45) is 22.7 Å². The molecule has 0 aliphatic heterocycles. The second-order valence-electron chi connectivity index (χ2n) is 20.0. The highest BCUT2D eigenvalue weighted by molar-refractivity contribution is 5.89. The maximum absolute atomic E-state index is 12.5. The van der Waals surface area contributed by atoms with Crippen LogP contribution in [0, 0.1) is 22.7 Å². The van der Waals surface area contributed by atoms with Crippen molar-refractivity contribution in [1.29, 1.82) is 0 Å². The number of nitrogens with one attached hydrogen (secondary N) is 2. The fraction of sp³-hybridized carbons (Fsp3) is 0.385. The topological polar surface area (TPSA) is 153 Å². The molecule has 12 nitrogen and oxygen atoms in total. The number of rotatable bonds is 12. The quantitative estimate of drug-likeness (QED) is 0.0689. The number of halogens is 6. The number of imidazole rings is 2. The fourth-order valence-corrected chi connectivity index (χ4v) is 10.4. The number of carboxylic acids is 2. The number of hydrogen-bond acceptors (Lipinski definition) is 8. The van der Waals surface area contributed by atoms with Crippen LogP contribution in [0.2, 0.25) is 0 Å². The molecule has 2 saturated carbocycles. The summed E-state index contributed by atoms with van der Waals surface area (Å²) in [5, 5.41) is 24.4. The van der Waals surface area contributed by atoms with Gasteiger partial charge in [0.15, 0.2) is 0 Å². The zero-order chi connectivity index (χ0) is 50.8. The molecule has 6 aromatic rings. The average molecular weight is 975 g/mol. The number of aliphatic carboxylic acids is 2. The van der Waals surface area contributed by atoms with Gasteiger partial charge in [-0.2, -0.15) is 0 Å². The van der Waals surface area contributed by atoms with Gasteiger partial charge in [-0.05, 0) is 157 Å². The Hall–Kier alpha value is -6.98. The van der Waals surface area contributed by atoms with E-state index < -0.39 is 24.7 Å². The van der Waals surface area contributed by atoms with Gasteiger partial charge in [-0.25, -0.2) is 19.6 Å². The smallest absolute Gasteiger partial charge is 0.478 e. The Morgan fingerprint density at radius 1 is 0.600 bits per heavy atom. The summed E-state index contributed by atoms with van der Waals surface area (Å²) >= 11 is 0. The van der Waals surface area contributed by atoms with Gasteiger partial charge in [0.25, 0.3) is 0 Å². The molecule has 2 aliphatic carbocycles. The molecular formula is C52H56F6N6O6. The number of hydrogen-bond donors (Lipinski definition) is 4. The summed E-state index contributed by atoms with van der Waals surface area (Å²) in [5.74, 6) is -0.457. The third-order valence-electron chi connectivity index (χ3n) is 12.4. The minimum absolute atomic E-state index is 0.150. The molecule has 372 valence electrons. The zero-order valence-corrected chi connectivity index (χ0v) is 39.5. The van der Waals surface area contributed by atoms with Crippen LogP contribution in [0.5, 0.6) is 11.5 Å². The van der Waals surface area contributed by atoms with Gasteiger partial charge in [0, 0.05) is 35.6 Å². The third kappa shape index (κ3) is 13.6. The summed E-state index contributed by atoms with van der Waals surface area (Å²) in [4.78, 5) is 31.4. The Bertz CT molecular complexity index is 2690. The highest BCUT2D eigenvalue weighted by Crippen LogP contribution is 2.48. The summed E-state index contributed by atoms with van der Waals surface area (Å²) < 4.78 is 87.3. The monoisotopic (exact) mass is 974 g/mol. The van der Waals surface area contributed by atoms with Crippen LogP contribution >= 0.6 is 0 Å². The highest BCUT2D eigenvalue weighted by Gasteiger charge is 2.37. The number of carbonyl (C=O) groups is 2. The van der Waals surface area contributed by atoms with Crippen LogP contribution in [-0.4, -0.2) is 54.0 Å². The summed E-state index contributed by atoms with van der Waals surface area (Å²) in [6.45, 7) is 13.5. The molecule has 8 rings (SSSR count). The zero-order valence-electron chi connectivity index (χ0n) is 39.5. The van der Waals surface area contributed by atoms with E-state index in [0.717, 1.165) is 61.7 Å². The molecule has 2 heterocycles. The maximum Gasteiger partial charge on any atom is 0.573 e. The minimum Gasteiger partial charge on any atom is -0.478 e. The van der Waals surface area contributed by atoms with Gasteiger partial charge < -0.3 is 39.5 Å². The van der Waals surface area contributed by atoms with Crippen molar-refractivity contribution in [3.63, 3.8) is 0 Å². The van der Waals surface area contributed by atoms with E-state index in [2.05, 4.69) is 70.8 Å². The second kappa shape index (κ2) is 20.2. The van der Waals surface area contributed by atoms with E-state index in [-0.39, 0.29) is 34.4 Å². The van der Waals surface area contributed by atoms with E-state index in [1.54, 1.807) is 0 Å². The number of nitrogens with zero attached hydrogens (tertiary/aromatic N) is 4. The van der Waals surface area contributed by atoms with Gasteiger partial charge in [0.2, 0.25) is 11.9 Å². The van der Waals surface area contributed by atoms with Crippen LogP contribution in [0.25, 0.3) is 34.2 Å². The predicted molar refractivity (Wildman–Crippen MR) is 257 cm³/mol. The average Bonchev–Trinajstić information content (AvgIpc) is 3.78. The molecule has 4 N–H and O–H groups in total. The Morgan fingerprint density at radius 3 is 1.27 bits per heavy atom. The molecular weight excluding hydrogens is 919 g/mol. The lowest BCUT2D eigenvalue weighted by atomic mass is 9.70. The molecule has 0 radical (unpaired) electrons. The number of aromatic nitrogens is 4. The molecule has 2 fully saturated rings. The summed E-state index contributed by atoms with van der Waals surface area (Å²) in [5.41, 5.74) is 6.09. The van der Waals surface area contributed by atoms with Gasteiger partial charge >= 0.3 is 24.7 Å². The normalized spacial score (nSPS) is 20.3. The van der Waals surface area contributed by atoms with Crippen LogP contribution in [0.4, 0.5) is 49.6 Å². The summed E-state index contributed by atoms with van der Waals surface area (Å²) in [6, 6.07) is 22.6. The number of fused-ring (bicyclic) bond motifs is 2. The fourth-order valence-electron chi connectivity index (χ4n) is 10.4. The summed E-state index contributed by atoms with van der Waals surface area (Å²) in [6.07, 6.45) is 1.80. The minimum atomic E-state index is -4.75. The molecule has 0 amide bonds. The van der Waals surface area contributed by atoms with Crippen molar-refractivity contribution in [2.45, 2.75) is 105 Å². The van der Waals surface area contributed by atoms with E-state index in [9.17, 15) is 35.9 Å². The van der Waals surface area contributed by atoms with Crippen molar-refractivity contribution in [1.82, 2.24) is 19.1 Å². The first kappa shape index (κ1) is 50.9. The number of alkyl halides is 6. The number of benzene rings is 4. The Morgan fingerprint density at radius 2 is 0.957 bits per heavy atom. The van der Waals surface area contributed by atoms with E-state index in [4.69, 9.17) is 20.2 Å². The lowest BCUT2D eigenvalue weighted by Crippen LogP contribution is -2.29. The van der Waals surface area contributed by atoms with Crippen molar-refractivity contribution >= 4 is 69.4 Å².